The molecule has 1 heterocycles. The summed E-state index contributed by atoms with van der Waals surface area (Å²) in [5.41, 5.74) is 0.290. The Bertz CT molecular complexity index is 209. The molecule has 1 rings (SSSR count). The summed E-state index contributed by atoms with van der Waals surface area (Å²) in [5.74, 6) is 0. The van der Waals surface area contributed by atoms with Crippen LogP contribution in [0.1, 0.15) is 40.5 Å². The average Bonchev–Trinajstić information content (AvgIpc) is 2.19. The number of carbonyl (C=O) groups excluding carboxylic acids is 1. The second kappa shape index (κ2) is 4.20. The van der Waals surface area contributed by atoms with Gasteiger partial charge in [-0.1, -0.05) is 13.8 Å². The molecule has 0 aliphatic carbocycles. The van der Waals surface area contributed by atoms with E-state index in [1.54, 1.807) is 0 Å². The van der Waals surface area contributed by atoms with Crippen molar-refractivity contribution >= 4 is 6.03 Å². The molecule has 0 radical (unpaired) electrons. The zero-order valence-corrected chi connectivity index (χ0v) is 9.76. The Morgan fingerprint density at radius 3 is 2.43 bits per heavy atom. The summed E-state index contributed by atoms with van der Waals surface area (Å²) in [7, 11) is 0. The van der Waals surface area contributed by atoms with Crippen LogP contribution >= 0.6 is 0 Å². The molecule has 2 amide bonds. The number of rotatable bonds is 3. The molecule has 0 atom stereocenters. The van der Waals surface area contributed by atoms with E-state index in [9.17, 15) is 4.79 Å². The molecular formula is C11H22N2O. The Kier molecular flexibility index (Phi) is 3.40. The van der Waals surface area contributed by atoms with Crippen LogP contribution in [0.15, 0.2) is 0 Å². The lowest BCUT2D eigenvalue weighted by Crippen LogP contribution is -2.58. The maximum absolute atomic E-state index is 11.6. The molecule has 0 spiro atoms. The summed E-state index contributed by atoms with van der Waals surface area (Å²) < 4.78 is 0. The van der Waals surface area contributed by atoms with Gasteiger partial charge in [-0.3, -0.25) is 0 Å². The number of nitrogens with one attached hydrogen (secondary N) is 1. The quantitative estimate of drug-likeness (QED) is 0.741. The van der Waals surface area contributed by atoms with Crippen molar-refractivity contribution in [3.05, 3.63) is 0 Å². The first kappa shape index (κ1) is 11.3. The van der Waals surface area contributed by atoms with Gasteiger partial charge >= 0.3 is 6.03 Å². The van der Waals surface area contributed by atoms with Crippen molar-refractivity contribution in [2.75, 3.05) is 13.1 Å². The Balaban J connectivity index is 2.74. The molecule has 3 nitrogen and oxygen atoms in total. The van der Waals surface area contributed by atoms with Crippen LogP contribution in [0, 0.1) is 5.41 Å². The van der Waals surface area contributed by atoms with E-state index in [1.165, 1.54) is 0 Å². The van der Waals surface area contributed by atoms with Crippen LogP contribution in [0.3, 0.4) is 0 Å². The summed E-state index contributed by atoms with van der Waals surface area (Å²) >= 11 is 0. The Labute approximate surface area is 86.9 Å². The summed E-state index contributed by atoms with van der Waals surface area (Å²) in [6, 6.07) is 0.394. The molecule has 1 N–H and O–H groups in total. The fourth-order valence-electron chi connectivity index (χ4n) is 1.99. The molecule has 1 fully saturated rings. The Hall–Kier alpha value is -0.730. The molecule has 3 heteroatoms. The van der Waals surface area contributed by atoms with Gasteiger partial charge in [-0.05, 0) is 26.7 Å². The van der Waals surface area contributed by atoms with Gasteiger partial charge in [0.05, 0.1) is 0 Å². The highest BCUT2D eigenvalue weighted by atomic mass is 16.2. The highest BCUT2D eigenvalue weighted by Crippen LogP contribution is 2.30. The van der Waals surface area contributed by atoms with Crippen molar-refractivity contribution in [2.24, 2.45) is 5.41 Å². The molecule has 14 heavy (non-hydrogen) atoms. The fraction of sp³-hybridized carbons (Fsp3) is 0.909. The summed E-state index contributed by atoms with van der Waals surface area (Å²) in [6.07, 6.45) is 2.26. The lowest BCUT2D eigenvalue weighted by molar-refractivity contribution is 0.0946. The van der Waals surface area contributed by atoms with Crippen molar-refractivity contribution < 1.29 is 4.79 Å². The van der Waals surface area contributed by atoms with Crippen LogP contribution in [0.2, 0.25) is 0 Å². The molecule has 0 unspecified atom stereocenters. The van der Waals surface area contributed by atoms with Crippen LogP contribution in [0.4, 0.5) is 4.79 Å². The molecule has 0 saturated carbocycles. The topological polar surface area (TPSA) is 32.3 Å². The number of hydrogen-bond acceptors (Lipinski definition) is 1. The van der Waals surface area contributed by atoms with E-state index in [2.05, 4.69) is 33.0 Å². The first-order valence-electron chi connectivity index (χ1n) is 5.59. The van der Waals surface area contributed by atoms with E-state index in [0.717, 1.165) is 25.9 Å². The number of hydrogen-bond donors (Lipinski definition) is 1. The predicted octanol–water partition coefficient (Wildman–Crippen LogP) is 2.23. The van der Waals surface area contributed by atoms with Crippen molar-refractivity contribution in [1.29, 1.82) is 0 Å². The van der Waals surface area contributed by atoms with Gasteiger partial charge in [-0.15, -0.1) is 0 Å². The van der Waals surface area contributed by atoms with Gasteiger partial charge in [-0.2, -0.15) is 0 Å². The van der Waals surface area contributed by atoms with E-state index in [0.29, 0.717) is 6.04 Å². The maximum Gasteiger partial charge on any atom is 0.317 e. The molecule has 1 aliphatic heterocycles. The lowest BCUT2D eigenvalue weighted by atomic mass is 9.80. The normalized spacial score (nSPS) is 21.2. The summed E-state index contributed by atoms with van der Waals surface area (Å²) in [4.78, 5) is 13.5. The minimum absolute atomic E-state index is 0.0949. The SMILES string of the molecule is CCC1(CC)CNC(=O)N(C(C)C)C1. The standard InChI is InChI=1S/C11H22N2O/c1-5-11(6-2)7-12-10(14)13(8-11)9(3)4/h9H,5-8H2,1-4H3,(H,12,14). The Morgan fingerprint density at radius 1 is 1.43 bits per heavy atom. The first-order chi connectivity index (χ1) is 6.54. The smallest absolute Gasteiger partial charge is 0.317 e. The fourth-order valence-corrected chi connectivity index (χ4v) is 1.99. The van der Waals surface area contributed by atoms with Crippen LogP contribution in [0.5, 0.6) is 0 Å². The molecule has 1 aliphatic rings. The second-order valence-corrected chi connectivity index (χ2v) is 4.59. The Morgan fingerprint density at radius 2 is 2.00 bits per heavy atom. The first-order valence-corrected chi connectivity index (χ1v) is 5.59. The zero-order valence-electron chi connectivity index (χ0n) is 9.76. The van der Waals surface area contributed by atoms with Crippen molar-refractivity contribution in [3.8, 4) is 0 Å². The lowest BCUT2D eigenvalue weighted by Gasteiger charge is -2.43. The molecule has 0 aromatic heterocycles. The van der Waals surface area contributed by atoms with Gasteiger partial charge in [0.2, 0.25) is 0 Å². The van der Waals surface area contributed by atoms with E-state index < -0.39 is 0 Å². The van der Waals surface area contributed by atoms with E-state index in [-0.39, 0.29) is 11.4 Å². The third kappa shape index (κ3) is 2.02. The zero-order chi connectivity index (χ0) is 10.8. The average molecular weight is 198 g/mol. The predicted molar refractivity (Wildman–Crippen MR) is 58.3 cm³/mol. The van der Waals surface area contributed by atoms with Gasteiger partial charge in [-0.25, -0.2) is 4.79 Å². The third-order valence-electron chi connectivity index (χ3n) is 3.50. The monoisotopic (exact) mass is 198 g/mol. The molecule has 1 saturated heterocycles. The van der Waals surface area contributed by atoms with Crippen molar-refractivity contribution in [2.45, 2.75) is 46.6 Å². The number of urea groups is 1. The van der Waals surface area contributed by atoms with Gasteiger partial charge < -0.3 is 10.2 Å². The minimum Gasteiger partial charge on any atom is -0.337 e. The summed E-state index contributed by atoms with van der Waals surface area (Å²) in [6.45, 7) is 10.3. The largest absolute Gasteiger partial charge is 0.337 e. The van der Waals surface area contributed by atoms with E-state index in [4.69, 9.17) is 0 Å². The molecular weight excluding hydrogens is 176 g/mol. The van der Waals surface area contributed by atoms with Crippen LogP contribution in [-0.4, -0.2) is 30.1 Å². The van der Waals surface area contributed by atoms with Crippen LogP contribution < -0.4 is 5.32 Å². The molecule has 0 bridgehead atoms. The number of nitrogens with zero attached hydrogens (tertiary/aromatic N) is 1. The van der Waals surface area contributed by atoms with Gasteiger partial charge in [0.1, 0.15) is 0 Å². The molecule has 82 valence electrons. The van der Waals surface area contributed by atoms with Gasteiger partial charge in [0.25, 0.3) is 0 Å². The second-order valence-electron chi connectivity index (χ2n) is 4.59. The highest BCUT2D eigenvalue weighted by Gasteiger charge is 2.36. The summed E-state index contributed by atoms with van der Waals surface area (Å²) in [5, 5.41) is 2.99. The third-order valence-corrected chi connectivity index (χ3v) is 3.50. The van der Waals surface area contributed by atoms with Crippen molar-refractivity contribution in [1.82, 2.24) is 10.2 Å². The van der Waals surface area contributed by atoms with Crippen molar-refractivity contribution in [3.63, 3.8) is 0 Å². The minimum atomic E-state index is 0.0949. The maximum atomic E-state index is 11.6. The van der Waals surface area contributed by atoms with Gasteiger partial charge in [0, 0.05) is 24.5 Å². The molecule has 0 aromatic carbocycles. The van der Waals surface area contributed by atoms with Crippen LogP contribution in [-0.2, 0) is 0 Å². The highest BCUT2D eigenvalue weighted by molar-refractivity contribution is 5.75. The van der Waals surface area contributed by atoms with Crippen LogP contribution in [0.25, 0.3) is 0 Å². The van der Waals surface area contributed by atoms with E-state index >= 15 is 0 Å². The number of amides is 2. The van der Waals surface area contributed by atoms with Gasteiger partial charge in [0.15, 0.2) is 0 Å². The molecule has 0 aromatic rings. The van der Waals surface area contributed by atoms with E-state index in [1.807, 2.05) is 4.90 Å². The number of carbonyl (C=O) groups is 1.